The number of aromatic amines is 1. The number of H-pyrrole nitrogens is 1. The van der Waals surface area contributed by atoms with E-state index in [4.69, 9.17) is 10.5 Å². The van der Waals surface area contributed by atoms with Gasteiger partial charge in [0, 0.05) is 128 Å². The molecule has 8 rings (SSSR count). The number of aromatic nitrogens is 1. The van der Waals surface area contributed by atoms with Crippen LogP contribution in [0.2, 0.25) is 0 Å². The Bertz CT molecular complexity index is 5060. The first-order valence-electron chi connectivity index (χ1n) is 43.7. The van der Waals surface area contributed by atoms with Gasteiger partial charge in [-0.15, -0.1) is 0 Å². The van der Waals surface area contributed by atoms with E-state index in [1.165, 1.54) is 105 Å². The number of benzene rings is 6. The van der Waals surface area contributed by atoms with Crippen molar-refractivity contribution in [2.45, 2.75) is 186 Å². The van der Waals surface area contributed by atoms with Crippen molar-refractivity contribution >= 4 is 105 Å². The number of hydrogen-bond acceptors (Lipinski definition) is 19. The fourth-order valence-electron chi connectivity index (χ4n) is 15.9. The standard InChI is InChI=1S/C98H122N12O19/c1-11-12-34-82-97(127)106(6)57-73(114)52-70(59-129-60-111)86(116)55-75(62(4)5)94(124)109(9)83(50-64-27-18-14-19-28-64)93(123)105-80(49-67-38-42-72(113)43-39-67)95(125)107(7)58-90(120)101-78(53-69-56-100-76-32-23-22-31-74(69)76)87(117)54-68(47-66-36-40-71(112)41-37-66)91(121)104-79(46-61(2)3)92(122)103-77(85(115)44-45-88(99)118)33-24-35-89(119)102-81(48-63-25-16-13-17-26-63)96(126)110(10)84(98(128)108(82)8)51-65-29-20-15-21-30-65/h13-32,35-43,56,60-62,68,70,75,77-84,100,112-113H,11-12,33-34,44-55,57-59H2,1-10H3,(H2,99,118)(H,101,120)(H,102,119)(H,103,122)(H,104,121)(H,105,123)/t68-,70+,75+,77+,78+,79+,80+,81+,82+,83+,84+/m1/s1. The van der Waals surface area contributed by atoms with Crippen LogP contribution in [0.3, 0.4) is 0 Å². The molecular formula is C98H122N12O19. The molecule has 31 heteroatoms. The molecule has 2 heterocycles. The third-order valence-electron chi connectivity index (χ3n) is 23.3. The molecule has 688 valence electrons. The largest absolute Gasteiger partial charge is 0.508 e. The number of ether oxygens (including phenoxy) is 1. The number of primary amides is 1. The lowest BCUT2D eigenvalue weighted by molar-refractivity contribution is -0.151. The molecule has 129 heavy (non-hydrogen) atoms. The quantitative estimate of drug-likeness (QED) is 0.0267. The molecule has 0 fully saturated rings. The Kier molecular flexibility index (Phi) is 38.8. The lowest BCUT2D eigenvalue weighted by Crippen LogP contribution is -2.58. The molecule has 0 spiro atoms. The molecule has 6 aromatic carbocycles. The second-order valence-electron chi connectivity index (χ2n) is 34.1. The van der Waals surface area contributed by atoms with Crippen LogP contribution >= 0.6 is 0 Å². The second kappa shape index (κ2) is 49.6. The van der Waals surface area contributed by atoms with Gasteiger partial charge in [-0.1, -0.05) is 187 Å². The van der Waals surface area contributed by atoms with Gasteiger partial charge in [0.1, 0.15) is 60.1 Å². The van der Waals surface area contributed by atoms with E-state index in [1.807, 2.05) is 6.92 Å². The molecule has 11 atom stereocenters. The molecule has 0 unspecified atom stereocenters. The summed E-state index contributed by atoms with van der Waals surface area (Å²) < 4.78 is 5.16. The zero-order chi connectivity index (χ0) is 94.1. The van der Waals surface area contributed by atoms with Crippen LogP contribution in [0.4, 0.5) is 0 Å². The molecule has 11 amide bonds. The number of fused-ring (bicyclic) bond motifs is 1. The van der Waals surface area contributed by atoms with Crippen LogP contribution in [0.25, 0.3) is 10.9 Å². The van der Waals surface area contributed by atoms with E-state index in [-0.39, 0.29) is 75.3 Å². The predicted octanol–water partition coefficient (Wildman–Crippen LogP) is 6.74. The minimum absolute atomic E-state index is 0.0467. The molecule has 7 aromatic rings. The number of para-hydroxylation sites is 1. The maximum absolute atomic E-state index is 15.6. The van der Waals surface area contributed by atoms with E-state index in [9.17, 15) is 43.8 Å². The zero-order valence-corrected chi connectivity index (χ0v) is 75.0. The van der Waals surface area contributed by atoms with Crippen LogP contribution in [0.15, 0.2) is 182 Å². The number of ketones is 4. The molecule has 0 saturated heterocycles. The number of nitrogens with two attached hydrogens (primary N) is 1. The van der Waals surface area contributed by atoms with Gasteiger partial charge in [-0.05, 0) is 107 Å². The van der Waals surface area contributed by atoms with Crippen molar-refractivity contribution in [3.05, 3.63) is 216 Å². The molecule has 31 nitrogen and oxygen atoms in total. The van der Waals surface area contributed by atoms with Gasteiger partial charge in [0.15, 0.2) is 17.3 Å². The summed E-state index contributed by atoms with van der Waals surface area (Å²) in [6.45, 7) is 6.92. The van der Waals surface area contributed by atoms with Gasteiger partial charge in [0.2, 0.25) is 65.0 Å². The van der Waals surface area contributed by atoms with Crippen LogP contribution in [0.5, 0.6) is 11.5 Å². The number of nitrogens with one attached hydrogen (secondary N) is 6. The molecular weight excluding hydrogens is 1650 g/mol. The van der Waals surface area contributed by atoms with Crippen molar-refractivity contribution in [2.75, 3.05) is 54.9 Å². The van der Waals surface area contributed by atoms with Gasteiger partial charge in [-0.3, -0.25) is 76.7 Å². The van der Waals surface area contributed by atoms with Crippen molar-refractivity contribution in [1.29, 1.82) is 0 Å². The average Bonchev–Trinajstić information content (AvgIpc) is 1.80. The van der Waals surface area contributed by atoms with E-state index in [2.05, 4.69) is 31.6 Å². The summed E-state index contributed by atoms with van der Waals surface area (Å²) in [5.74, 6) is -16.6. The topological polar surface area (TPSA) is 441 Å². The summed E-state index contributed by atoms with van der Waals surface area (Å²) in [7, 11) is 6.82. The number of rotatable bonds is 25. The smallest absolute Gasteiger partial charge is 0.293 e. The van der Waals surface area contributed by atoms with Gasteiger partial charge >= 0.3 is 0 Å². The second-order valence-corrected chi connectivity index (χ2v) is 34.1. The Morgan fingerprint density at radius 3 is 1.60 bits per heavy atom. The number of aromatic hydroxyl groups is 2. The van der Waals surface area contributed by atoms with Gasteiger partial charge in [0.25, 0.3) is 6.47 Å². The predicted molar refractivity (Wildman–Crippen MR) is 483 cm³/mol. The molecule has 1 aromatic heterocycles. The lowest BCUT2D eigenvalue weighted by Gasteiger charge is -2.37. The monoisotopic (exact) mass is 1770 g/mol. The summed E-state index contributed by atoms with van der Waals surface area (Å²) in [6, 6.07) is 33.6. The minimum atomic E-state index is -1.52. The van der Waals surface area contributed by atoms with Gasteiger partial charge in [0.05, 0.1) is 31.1 Å². The summed E-state index contributed by atoms with van der Waals surface area (Å²) >= 11 is 0. The van der Waals surface area contributed by atoms with Crippen LogP contribution in [0, 0.1) is 29.6 Å². The van der Waals surface area contributed by atoms with E-state index in [1.54, 1.807) is 149 Å². The highest BCUT2D eigenvalue weighted by Crippen LogP contribution is 2.29. The first-order valence-corrected chi connectivity index (χ1v) is 43.7. The fourth-order valence-corrected chi connectivity index (χ4v) is 15.9. The number of nitrogens with zero attached hydrogens (tertiary/aromatic N) is 5. The average molecular weight is 1770 g/mol. The van der Waals surface area contributed by atoms with Gasteiger partial charge in [-0.25, -0.2) is 0 Å². The molecule has 1 aliphatic rings. The molecule has 10 N–H and O–H groups in total. The highest BCUT2D eigenvalue weighted by Gasteiger charge is 2.42. The number of hydrogen-bond donors (Lipinski definition) is 9. The van der Waals surface area contributed by atoms with E-state index in [0.29, 0.717) is 57.1 Å². The van der Waals surface area contributed by atoms with Crippen LogP contribution in [-0.2, 0) is 120 Å². The summed E-state index contributed by atoms with van der Waals surface area (Å²) in [4.78, 5) is 244. The Morgan fingerprint density at radius 2 is 1.02 bits per heavy atom. The molecule has 1 aliphatic heterocycles. The van der Waals surface area contributed by atoms with Crippen molar-refractivity contribution in [2.24, 2.45) is 35.3 Å². The highest BCUT2D eigenvalue weighted by molar-refractivity contribution is 6.01. The molecule has 0 aliphatic carbocycles. The number of amides is 11. The van der Waals surface area contributed by atoms with Crippen LogP contribution in [0.1, 0.15) is 132 Å². The summed E-state index contributed by atoms with van der Waals surface area (Å²) in [5, 5.41) is 35.5. The third kappa shape index (κ3) is 30.6. The fraction of sp³-hybridized carbons (Fsp3) is 0.429. The SMILES string of the molecule is CCCC[C@H]1C(=O)N(C)CC(=O)C[C@@H](COC=O)C(=O)C[C@@H](C(C)C)C(=O)N(C)[C@@H](Cc2ccccc2)C(=O)N[C@@H](Cc2ccc(O)cc2)C(=O)N(C)CC(=O)N[C@@H](Cc2c[nH]c3ccccc23)C(=O)C[C@@H](Cc2ccc(O)cc2)C(=O)N[C@@H](CC(C)C)C(=O)N[C@H](C(=O)CCC(N)=O)CC=CC(=O)N[C@@H](Cc2ccccc2)C(=O)N(C)[C@@H](Cc2ccccc2)C(=O)N1C. The summed E-state index contributed by atoms with van der Waals surface area (Å²) in [6.07, 6.45) is 0.982. The highest BCUT2D eigenvalue weighted by atomic mass is 16.5. The van der Waals surface area contributed by atoms with Crippen molar-refractivity contribution in [3.63, 3.8) is 0 Å². The Hall–Kier alpha value is -13.5. The number of phenols is 2. The summed E-state index contributed by atoms with van der Waals surface area (Å²) in [5.41, 5.74) is 9.47. The maximum Gasteiger partial charge on any atom is 0.293 e. The minimum Gasteiger partial charge on any atom is -0.508 e. The van der Waals surface area contributed by atoms with Gasteiger partial charge in [-0.2, -0.15) is 0 Å². The number of carbonyl (C=O) groups excluding carboxylic acids is 16. The van der Waals surface area contributed by atoms with Gasteiger partial charge < -0.3 is 76.8 Å². The number of Topliss-reactive ketones (excluding diaryl/α,β-unsaturated/α-hetero) is 4. The molecule has 0 radical (unpaired) electrons. The van der Waals surface area contributed by atoms with Crippen LogP contribution < -0.4 is 32.3 Å². The third-order valence-corrected chi connectivity index (χ3v) is 23.3. The number of carbonyl (C=O) groups is 16. The number of phenolic OH excluding ortho intramolecular Hbond substituents is 2. The van der Waals surface area contributed by atoms with E-state index < -0.39 is 218 Å². The Morgan fingerprint density at radius 1 is 0.496 bits per heavy atom. The zero-order valence-electron chi connectivity index (χ0n) is 75.0. The van der Waals surface area contributed by atoms with E-state index in [0.717, 1.165) is 15.9 Å². The maximum atomic E-state index is 15.6. The van der Waals surface area contributed by atoms with E-state index >= 15 is 43.2 Å². The lowest BCUT2D eigenvalue weighted by atomic mass is 9.84. The molecule has 0 bridgehead atoms. The van der Waals surface area contributed by atoms with Crippen molar-refractivity contribution < 1.29 is 91.7 Å². The van der Waals surface area contributed by atoms with Crippen LogP contribution in [-0.4, -0.2) is 238 Å². The van der Waals surface area contributed by atoms with Crippen molar-refractivity contribution in [3.8, 4) is 11.5 Å². The first-order chi connectivity index (χ1) is 61.5. The number of likely N-dealkylation sites (N-methyl/N-ethyl adjacent to an activating group) is 5. The Balaban J connectivity index is 1.22. The number of unbranched alkanes of at least 4 members (excludes halogenated alkanes) is 1. The Labute approximate surface area is 752 Å². The normalized spacial score (nSPS) is 22.0. The first kappa shape index (κ1) is 101. The van der Waals surface area contributed by atoms with Crippen molar-refractivity contribution in [1.82, 2.24) is 56.1 Å². The molecule has 0 saturated carbocycles.